The molecule has 0 aliphatic carbocycles. The Morgan fingerprint density at radius 3 is 2.81 bits per heavy atom. The Balaban J connectivity index is 2.61. The molecule has 0 aliphatic heterocycles. The van der Waals surface area contributed by atoms with Crippen molar-refractivity contribution in [2.75, 3.05) is 11.9 Å². The van der Waals surface area contributed by atoms with Crippen LogP contribution in [0.3, 0.4) is 0 Å². The van der Waals surface area contributed by atoms with Gasteiger partial charge in [-0.15, -0.1) is 0 Å². The van der Waals surface area contributed by atoms with Gasteiger partial charge in [-0.05, 0) is 24.6 Å². The maximum absolute atomic E-state index is 11.1. The minimum atomic E-state index is -0.498. The minimum Gasteiger partial charge on any atom is -0.385 e. The van der Waals surface area contributed by atoms with Gasteiger partial charge in [-0.2, -0.15) is 0 Å². The number of halogens is 1. The Hall–Kier alpha value is -1.22. The van der Waals surface area contributed by atoms with Crippen molar-refractivity contribution in [2.45, 2.75) is 26.2 Å². The van der Waals surface area contributed by atoms with Crippen LogP contribution in [-0.4, -0.2) is 12.5 Å². The van der Waals surface area contributed by atoms with Crippen LogP contribution in [0.4, 0.5) is 5.69 Å². The topological polar surface area (TPSA) is 55.1 Å². The van der Waals surface area contributed by atoms with Crippen molar-refractivity contribution in [3.63, 3.8) is 0 Å². The van der Waals surface area contributed by atoms with E-state index in [1.165, 1.54) is 12.8 Å². The number of hydrogen-bond donors (Lipinski definition) is 2. The van der Waals surface area contributed by atoms with E-state index in [1.54, 1.807) is 12.1 Å². The Labute approximate surface area is 101 Å². The lowest BCUT2D eigenvalue weighted by Crippen LogP contribution is -2.12. The number of rotatable bonds is 6. The van der Waals surface area contributed by atoms with Crippen molar-refractivity contribution >= 4 is 23.2 Å². The van der Waals surface area contributed by atoms with Crippen LogP contribution in [0, 0.1) is 0 Å². The van der Waals surface area contributed by atoms with Crippen LogP contribution < -0.4 is 11.1 Å². The summed E-state index contributed by atoms with van der Waals surface area (Å²) in [4.78, 5) is 11.1. The monoisotopic (exact) mass is 240 g/mol. The highest BCUT2D eigenvalue weighted by Gasteiger charge is 2.06. The van der Waals surface area contributed by atoms with Gasteiger partial charge in [-0.25, -0.2) is 0 Å². The standard InChI is InChI=1S/C12H17ClN2O/c1-2-3-4-7-15-9-5-6-11(13)10(8-9)12(14)16/h5-6,8,15H,2-4,7H2,1H3,(H2,14,16). The van der Waals surface area contributed by atoms with Crippen LogP contribution in [0.15, 0.2) is 18.2 Å². The number of primary amides is 1. The number of unbranched alkanes of at least 4 members (excludes halogenated alkanes) is 2. The molecule has 16 heavy (non-hydrogen) atoms. The normalized spacial score (nSPS) is 10.1. The second-order valence-corrected chi connectivity index (χ2v) is 4.10. The fraction of sp³-hybridized carbons (Fsp3) is 0.417. The van der Waals surface area contributed by atoms with Gasteiger partial charge in [-0.3, -0.25) is 4.79 Å². The molecule has 0 saturated carbocycles. The van der Waals surface area contributed by atoms with E-state index in [0.29, 0.717) is 10.6 Å². The van der Waals surface area contributed by atoms with Crippen LogP contribution in [0.25, 0.3) is 0 Å². The molecule has 88 valence electrons. The van der Waals surface area contributed by atoms with Crippen LogP contribution in [0.1, 0.15) is 36.5 Å². The van der Waals surface area contributed by atoms with Crippen LogP contribution >= 0.6 is 11.6 Å². The number of carbonyl (C=O) groups is 1. The quantitative estimate of drug-likeness (QED) is 0.751. The van der Waals surface area contributed by atoms with E-state index in [2.05, 4.69) is 12.2 Å². The Morgan fingerprint density at radius 1 is 1.44 bits per heavy atom. The summed E-state index contributed by atoms with van der Waals surface area (Å²) < 4.78 is 0. The van der Waals surface area contributed by atoms with Gasteiger partial charge in [0, 0.05) is 12.2 Å². The number of carbonyl (C=O) groups excluding carboxylic acids is 1. The fourth-order valence-electron chi connectivity index (χ4n) is 1.43. The van der Waals surface area contributed by atoms with Crippen molar-refractivity contribution in [3.8, 4) is 0 Å². The lowest BCUT2D eigenvalue weighted by atomic mass is 10.2. The van der Waals surface area contributed by atoms with Gasteiger partial charge >= 0.3 is 0 Å². The predicted octanol–water partition coefficient (Wildman–Crippen LogP) is 3.04. The molecule has 0 heterocycles. The van der Waals surface area contributed by atoms with Crippen LogP contribution in [0.5, 0.6) is 0 Å². The molecule has 1 aromatic rings. The second kappa shape index (κ2) is 6.38. The van der Waals surface area contributed by atoms with E-state index in [9.17, 15) is 4.79 Å². The average molecular weight is 241 g/mol. The van der Waals surface area contributed by atoms with E-state index in [-0.39, 0.29) is 0 Å². The van der Waals surface area contributed by atoms with Gasteiger partial charge in [0.05, 0.1) is 10.6 Å². The highest BCUT2D eigenvalue weighted by molar-refractivity contribution is 6.33. The molecule has 0 atom stereocenters. The summed E-state index contributed by atoms with van der Waals surface area (Å²) in [6, 6.07) is 5.22. The van der Waals surface area contributed by atoms with E-state index < -0.39 is 5.91 Å². The zero-order chi connectivity index (χ0) is 12.0. The minimum absolute atomic E-state index is 0.363. The summed E-state index contributed by atoms with van der Waals surface area (Å²) in [5, 5.41) is 3.63. The van der Waals surface area contributed by atoms with E-state index in [4.69, 9.17) is 17.3 Å². The van der Waals surface area contributed by atoms with E-state index in [0.717, 1.165) is 18.7 Å². The molecule has 4 heteroatoms. The molecule has 1 amide bonds. The van der Waals surface area contributed by atoms with Gasteiger partial charge in [0.25, 0.3) is 0 Å². The number of amides is 1. The first-order valence-electron chi connectivity index (χ1n) is 5.48. The van der Waals surface area contributed by atoms with Gasteiger partial charge in [0.2, 0.25) is 5.91 Å². The van der Waals surface area contributed by atoms with Crippen molar-refractivity contribution in [1.82, 2.24) is 0 Å². The number of anilines is 1. The van der Waals surface area contributed by atoms with Gasteiger partial charge < -0.3 is 11.1 Å². The third-order valence-corrected chi connectivity index (χ3v) is 2.67. The molecule has 1 rings (SSSR count). The molecule has 0 bridgehead atoms. The van der Waals surface area contributed by atoms with Crippen LogP contribution in [-0.2, 0) is 0 Å². The molecule has 3 nitrogen and oxygen atoms in total. The number of hydrogen-bond acceptors (Lipinski definition) is 2. The summed E-state index contributed by atoms with van der Waals surface area (Å²) in [7, 11) is 0. The molecule has 0 aromatic heterocycles. The number of benzene rings is 1. The van der Waals surface area contributed by atoms with Gasteiger partial charge in [-0.1, -0.05) is 31.4 Å². The highest BCUT2D eigenvalue weighted by atomic mass is 35.5. The summed E-state index contributed by atoms with van der Waals surface area (Å²) in [6.07, 6.45) is 3.50. The molecule has 3 N–H and O–H groups in total. The molecule has 0 fully saturated rings. The first-order valence-corrected chi connectivity index (χ1v) is 5.86. The summed E-state index contributed by atoms with van der Waals surface area (Å²) >= 11 is 5.85. The molecular formula is C12H17ClN2O. The SMILES string of the molecule is CCCCCNc1ccc(Cl)c(C(N)=O)c1. The summed E-state index contributed by atoms with van der Waals surface area (Å²) in [6.45, 7) is 3.06. The maximum atomic E-state index is 11.1. The second-order valence-electron chi connectivity index (χ2n) is 3.69. The molecule has 0 radical (unpaired) electrons. The molecule has 0 spiro atoms. The zero-order valence-electron chi connectivity index (χ0n) is 9.42. The zero-order valence-corrected chi connectivity index (χ0v) is 10.2. The molecule has 0 aliphatic rings. The first-order chi connectivity index (χ1) is 7.65. The highest BCUT2D eigenvalue weighted by Crippen LogP contribution is 2.20. The smallest absolute Gasteiger partial charge is 0.250 e. The van der Waals surface area contributed by atoms with Gasteiger partial charge in [0.15, 0.2) is 0 Å². The lowest BCUT2D eigenvalue weighted by Gasteiger charge is -2.08. The predicted molar refractivity (Wildman–Crippen MR) is 68.0 cm³/mol. The maximum Gasteiger partial charge on any atom is 0.250 e. The van der Waals surface area contributed by atoms with E-state index >= 15 is 0 Å². The summed E-state index contributed by atoms with van der Waals surface area (Å²) in [5.41, 5.74) is 6.46. The number of nitrogens with one attached hydrogen (secondary N) is 1. The average Bonchev–Trinajstić information content (AvgIpc) is 2.26. The lowest BCUT2D eigenvalue weighted by molar-refractivity contribution is 0.100. The van der Waals surface area contributed by atoms with Crippen molar-refractivity contribution in [3.05, 3.63) is 28.8 Å². The third-order valence-electron chi connectivity index (χ3n) is 2.34. The Bertz CT molecular complexity index is 366. The third kappa shape index (κ3) is 3.74. The molecule has 0 saturated heterocycles. The Morgan fingerprint density at radius 2 is 2.19 bits per heavy atom. The Kier molecular flexibility index (Phi) is 5.12. The van der Waals surface area contributed by atoms with Crippen molar-refractivity contribution < 1.29 is 4.79 Å². The molecule has 1 aromatic carbocycles. The van der Waals surface area contributed by atoms with Crippen molar-refractivity contribution in [2.24, 2.45) is 5.73 Å². The fourth-order valence-corrected chi connectivity index (χ4v) is 1.64. The first kappa shape index (κ1) is 12.8. The number of nitrogens with two attached hydrogens (primary N) is 1. The van der Waals surface area contributed by atoms with Crippen LogP contribution in [0.2, 0.25) is 5.02 Å². The molecule has 0 unspecified atom stereocenters. The van der Waals surface area contributed by atoms with Crippen molar-refractivity contribution in [1.29, 1.82) is 0 Å². The van der Waals surface area contributed by atoms with E-state index in [1.807, 2.05) is 6.07 Å². The van der Waals surface area contributed by atoms with Gasteiger partial charge in [0.1, 0.15) is 0 Å². The molecular weight excluding hydrogens is 224 g/mol. The largest absolute Gasteiger partial charge is 0.385 e. The summed E-state index contributed by atoms with van der Waals surface area (Å²) in [5.74, 6) is -0.498.